The zero-order valence-corrected chi connectivity index (χ0v) is 22.5. The second-order valence-corrected chi connectivity index (χ2v) is 9.82. The first-order valence-corrected chi connectivity index (χ1v) is 14.3. The van der Waals surface area contributed by atoms with Crippen LogP contribution in [0.4, 0.5) is 0 Å². The quantitative estimate of drug-likeness (QED) is 0.0771. The number of unbranched alkanes of at least 4 members (excludes halogenated alkanes) is 15. The summed E-state index contributed by atoms with van der Waals surface area (Å²) in [5.74, 6) is -0.483. The molecule has 0 unspecified atom stereocenters. The van der Waals surface area contributed by atoms with E-state index in [1.165, 1.54) is 96.1 Å². The minimum Gasteiger partial charge on any atom is -0.458 e. The first kappa shape index (κ1) is 29.7. The Hall–Kier alpha value is -2.56. The molecule has 0 atom stereocenters. The lowest BCUT2D eigenvalue weighted by molar-refractivity contribution is -0.686. The number of nitrogens with zero attached hydrogens (tertiary/aromatic N) is 2. The van der Waals surface area contributed by atoms with Gasteiger partial charge in [-0.3, -0.25) is 9.78 Å². The van der Waals surface area contributed by atoms with E-state index in [-0.39, 0.29) is 12.3 Å². The number of aromatic nitrogens is 2. The Bertz CT molecular complexity index is 854. The summed E-state index contributed by atoms with van der Waals surface area (Å²) in [5, 5.41) is 0. The lowest BCUT2D eigenvalue weighted by Crippen LogP contribution is -2.44. The maximum atomic E-state index is 12.5. The van der Waals surface area contributed by atoms with Crippen LogP contribution >= 0.6 is 0 Å². The molecule has 2 rings (SSSR count). The molecule has 0 amide bonds. The normalized spacial score (nSPS) is 10.9. The molecule has 0 aliphatic heterocycles. The monoisotopic (exact) mass is 495 g/mol. The fraction of sp³-hybridized carbons (Fsp3) is 0.613. The fourth-order valence-corrected chi connectivity index (χ4v) is 4.45. The predicted octanol–water partition coefficient (Wildman–Crippen LogP) is 7.67. The van der Waals surface area contributed by atoms with Crippen LogP contribution in [-0.4, -0.2) is 23.3 Å². The number of ketones is 1. The van der Waals surface area contributed by atoms with E-state index in [0.717, 1.165) is 12.8 Å². The highest BCUT2D eigenvalue weighted by atomic mass is 16.5. The van der Waals surface area contributed by atoms with E-state index >= 15 is 0 Å². The van der Waals surface area contributed by atoms with Gasteiger partial charge in [-0.1, -0.05) is 134 Å². The van der Waals surface area contributed by atoms with Crippen molar-refractivity contribution in [2.24, 2.45) is 0 Å². The highest BCUT2D eigenvalue weighted by Crippen LogP contribution is 2.13. The van der Waals surface area contributed by atoms with Gasteiger partial charge in [0.25, 0.3) is 0 Å². The molecule has 198 valence electrons. The van der Waals surface area contributed by atoms with E-state index in [1.54, 1.807) is 29.1 Å². The van der Waals surface area contributed by atoms with Crippen molar-refractivity contribution in [3.8, 4) is 0 Å². The molecule has 1 aromatic heterocycles. The Morgan fingerprint density at radius 3 is 1.83 bits per heavy atom. The van der Waals surface area contributed by atoms with Crippen LogP contribution in [0.25, 0.3) is 0 Å². The first-order valence-electron chi connectivity index (χ1n) is 14.3. The SMILES string of the molecule is CCCCCCCCCCCCCCCCCCOC(=O)c1cncc[n+]1CC(=O)c1ccccc1. The van der Waals surface area contributed by atoms with E-state index < -0.39 is 5.97 Å². The predicted molar refractivity (Wildman–Crippen MR) is 145 cm³/mol. The number of ether oxygens (including phenoxy) is 1. The number of benzene rings is 1. The summed E-state index contributed by atoms with van der Waals surface area (Å²) < 4.78 is 7.07. The average Bonchev–Trinajstić information content (AvgIpc) is 2.91. The number of rotatable bonds is 21. The summed E-state index contributed by atoms with van der Waals surface area (Å²) >= 11 is 0. The van der Waals surface area contributed by atoms with Crippen LogP contribution in [0, 0.1) is 0 Å². The maximum absolute atomic E-state index is 12.5. The van der Waals surface area contributed by atoms with Gasteiger partial charge in [0.2, 0.25) is 12.3 Å². The van der Waals surface area contributed by atoms with E-state index in [4.69, 9.17) is 4.74 Å². The lowest BCUT2D eigenvalue weighted by Gasteiger charge is -2.06. The summed E-state index contributed by atoms with van der Waals surface area (Å²) in [5.41, 5.74) is 0.924. The molecule has 0 aliphatic rings. The zero-order valence-electron chi connectivity index (χ0n) is 22.5. The third kappa shape index (κ3) is 12.9. The third-order valence-corrected chi connectivity index (χ3v) is 6.69. The molecular formula is C31H47N2O3+. The molecule has 36 heavy (non-hydrogen) atoms. The molecule has 1 heterocycles. The van der Waals surface area contributed by atoms with Crippen LogP contribution < -0.4 is 4.57 Å². The van der Waals surface area contributed by atoms with Gasteiger partial charge >= 0.3 is 11.7 Å². The fourth-order valence-electron chi connectivity index (χ4n) is 4.45. The molecule has 0 N–H and O–H groups in total. The van der Waals surface area contributed by atoms with Crippen molar-refractivity contribution in [3.05, 3.63) is 60.2 Å². The number of carbonyl (C=O) groups is 2. The van der Waals surface area contributed by atoms with E-state index in [1.807, 2.05) is 18.2 Å². The summed E-state index contributed by atoms with van der Waals surface area (Å²) in [6.45, 7) is 2.75. The molecule has 0 bridgehead atoms. The highest BCUT2D eigenvalue weighted by Gasteiger charge is 2.23. The Morgan fingerprint density at radius 2 is 1.28 bits per heavy atom. The van der Waals surface area contributed by atoms with Crippen molar-refractivity contribution < 1.29 is 18.9 Å². The zero-order chi connectivity index (χ0) is 25.7. The van der Waals surface area contributed by atoms with E-state index in [9.17, 15) is 9.59 Å². The van der Waals surface area contributed by atoms with Crippen LogP contribution in [0.1, 0.15) is 131 Å². The standard InChI is InChI=1S/C31H47N2O3/c1-2-3-4-5-6-7-8-9-10-11-12-13-14-15-16-20-25-36-31(35)29-26-32-23-24-33(29)27-30(34)28-21-18-17-19-22-28/h17-19,21-24,26H,2-16,20,25,27H2,1H3/q+1. The number of hydrogen-bond donors (Lipinski definition) is 0. The number of carbonyl (C=O) groups excluding carboxylic acids is 2. The Labute approximate surface area is 218 Å². The number of Topliss-reactive ketones (excluding diaryl/α,β-unsaturated/α-hetero) is 1. The van der Waals surface area contributed by atoms with Crippen LogP contribution in [0.2, 0.25) is 0 Å². The van der Waals surface area contributed by atoms with Crippen molar-refractivity contribution in [2.45, 2.75) is 116 Å². The Kier molecular flexibility index (Phi) is 16.2. The van der Waals surface area contributed by atoms with Gasteiger partial charge in [-0.05, 0) is 6.42 Å². The van der Waals surface area contributed by atoms with Gasteiger partial charge in [0.1, 0.15) is 6.20 Å². The molecule has 0 saturated carbocycles. The first-order chi connectivity index (χ1) is 17.7. The molecule has 0 aliphatic carbocycles. The largest absolute Gasteiger partial charge is 0.458 e. The van der Waals surface area contributed by atoms with Crippen molar-refractivity contribution in [3.63, 3.8) is 0 Å². The van der Waals surface area contributed by atoms with Crippen molar-refractivity contribution in [1.29, 1.82) is 0 Å². The molecular weight excluding hydrogens is 448 g/mol. The van der Waals surface area contributed by atoms with Crippen molar-refractivity contribution in [1.82, 2.24) is 4.98 Å². The summed E-state index contributed by atoms with van der Waals surface area (Å²) in [6.07, 6.45) is 25.7. The van der Waals surface area contributed by atoms with Gasteiger partial charge in [0.15, 0.2) is 6.20 Å². The molecule has 5 heteroatoms. The molecule has 0 saturated heterocycles. The second-order valence-electron chi connectivity index (χ2n) is 9.82. The minimum atomic E-state index is -0.426. The van der Waals surface area contributed by atoms with Crippen molar-refractivity contribution in [2.75, 3.05) is 6.61 Å². The summed E-state index contributed by atoms with van der Waals surface area (Å²) in [6, 6.07) is 9.09. The van der Waals surface area contributed by atoms with Gasteiger partial charge < -0.3 is 4.74 Å². The van der Waals surface area contributed by atoms with Gasteiger partial charge in [-0.2, -0.15) is 4.57 Å². The van der Waals surface area contributed by atoms with Crippen LogP contribution in [0.3, 0.4) is 0 Å². The Balaban J connectivity index is 1.48. The summed E-state index contributed by atoms with van der Waals surface area (Å²) in [4.78, 5) is 29.1. The molecule has 2 aromatic rings. The molecule has 0 spiro atoms. The maximum Gasteiger partial charge on any atom is 0.405 e. The number of esters is 1. The van der Waals surface area contributed by atoms with E-state index in [2.05, 4.69) is 11.9 Å². The second kappa shape index (κ2) is 19.6. The van der Waals surface area contributed by atoms with Gasteiger partial charge in [-0.15, -0.1) is 0 Å². The van der Waals surface area contributed by atoms with Gasteiger partial charge in [0, 0.05) is 5.56 Å². The molecule has 5 nitrogen and oxygen atoms in total. The van der Waals surface area contributed by atoms with Crippen LogP contribution in [0.5, 0.6) is 0 Å². The average molecular weight is 496 g/mol. The lowest BCUT2D eigenvalue weighted by atomic mass is 10.0. The highest BCUT2D eigenvalue weighted by molar-refractivity contribution is 5.95. The van der Waals surface area contributed by atoms with Gasteiger partial charge in [-0.25, -0.2) is 4.79 Å². The molecule has 0 fully saturated rings. The third-order valence-electron chi connectivity index (χ3n) is 6.69. The Morgan fingerprint density at radius 1 is 0.750 bits per heavy atom. The smallest absolute Gasteiger partial charge is 0.405 e. The number of hydrogen-bond acceptors (Lipinski definition) is 4. The molecule has 1 aromatic carbocycles. The van der Waals surface area contributed by atoms with Crippen LogP contribution in [0.15, 0.2) is 48.9 Å². The molecule has 0 radical (unpaired) electrons. The van der Waals surface area contributed by atoms with Gasteiger partial charge in [0.05, 0.1) is 12.8 Å². The topological polar surface area (TPSA) is 60.1 Å². The van der Waals surface area contributed by atoms with Crippen molar-refractivity contribution >= 4 is 11.8 Å². The van der Waals surface area contributed by atoms with Crippen LogP contribution in [-0.2, 0) is 11.3 Å². The minimum absolute atomic E-state index is 0.0568. The summed E-state index contributed by atoms with van der Waals surface area (Å²) in [7, 11) is 0. The van der Waals surface area contributed by atoms with E-state index in [0.29, 0.717) is 17.9 Å².